The second-order valence-electron chi connectivity index (χ2n) is 5.46. The third kappa shape index (κ3) is 4.51. The molecule has 3 rings (SSSR count). The summed E-state index contributed by atoms with van der Waals surface area (Å²) in [6.07, 6.45) is 0. The fourth-order valence-electron chi connectivity index (χ4n) is 2.37. The molecule has 0 spiro atoms. The van der Waals surface area contributed by atoms with Crippen molar-refractivity contribution in [3.63, 3.8) is 0 Å². The lowest BCUT2D eigenvalue weighted by Crippen LogP contribution is -2.12. The molecule has 0 atom stereocenters. The average Bonchev–Trinajstić information content (AvgIpc) is 3.13. The van der Waals surface area contributed by atoms with E-state index in [0.717, 1.165) is 28.1 Å². The van der Waals surface area contributed by atoms with Gasteiger partial charge in [0.15, 0.2) is 0 Å². The first-order valence-corrected chi connectivity index (χ1v) is 8.98. The van der Waals surface area contributed by atoms with Crippen LogP contribution in [0.5, 0.6) is 0 Å². The molecule has 2 aromatic carbocycles. The number of amides is 1. The van der Waals surface area contributed by atoms with Crippen molar-refractivity contribution in [2.75, 3.05) is 12.4 Å². The van der Waals surface area contributed by atoms with Gasteiger partial charge in [-0.1, -0.05) is 29.8 Å². The molecule has 1 N–H and O–H groups in total. The van der Waals surface area contributed by atoms with E-state index >= 15 is 0 Å². The van der Waals surface area contributed by atoms with Gasteiger partial charge in [0.1, 0.15) is 23.9 Å². The predicted octanol–water partition coefficient (Wildman–Crippen LogP) is 5.68. The number of thiophene rings is 1. The van der Waals surface area contributed by atoms with Gasteiger partial charge in [0.2, 0.25) is 0 Å². The highest BCUT2D eigenvalue weighted by atomic mass is 35.5. The lowest BCUT2D eigenvalue weighted by atomic mass is 10.1. The minimum Gasteiger partial charge on any atom is -0.316 e. The predicted molar refractivity (Wildman–Crippen MR) is 101 cm³/mol. The molecule has 4 nitrogen and oxygen atoms in total. The van der Waals surface area contributed by atoms with E-state index in [1.54, 1.807) is 24.3 Å². The quantitative estimate of drug-likeness (QED) is 0.421. The van der Waals surface area contributed by atoms with Crippen LogP contribution in [0.3, 0.4) is 0 Å². The van der Waals surface area contributed by atoms with Gasteiger partial charge in [0, 0.05) is 15.5 Å². The van der Waals surface area contributed by atoms with Crippen molar-refractivity contribution in [1.29, 1.82) is 0 Å². The van der Waals surface area contributed by atoms with Crippen LogP contribution >= 0.6 is 22.9 Å². The third-order valence-electron chi connectivity index (χ3n) is 3.67. The zero-order chi connectivity index (χ0) is 19.4. The normalized spacial score (nSPS) is 10.8. The van der Waals surface area contributed by atoms with E-state index in [1.807, 2.05) is 6.07 Å². The van der Waals surface area contributed by atoms with Crippen molar-refractivity contribution >= 4 is 34.5 Å². The summed E-state index contributed by atoms with van der Waals surface area (Å²) in [5, 5.41) is 2.75. The fourth-order valence-corrected chi connectivity index (χ4v) is 3.67. The van der Waals surface area contributed by atoms with Crippen LogP contribution in [0.25, 0.3) is 10.4 Å². The van der Waals surface area contributed by atoms with Crippen molar-refractivity contribution in [1.82, 2.24) is 0 Å². The number of carbonyl (C=O) groups is 1. The topological polar surface area (TPSA) is 47.6 Å². The molecule has 0 radical (unpaired) electrons. The molecule has 140 valence electrons. The zero-order valence-corrected chi connectivity index (χ0v) is 15.7. The van der Waals surface area contributed by atoms with Gasteiger partial charge in [0.25, 0.3) is 5.91 Å². The molecule has 0 fully saturated rings. The smallest absolute Gasteiger partial charge is 0.265 e. The Hall–Kier alpha value is -2.32. The Morgan fingerprint density at radius 1 is 1.15 bits per heavy atom. The molecule has 0 saturated carbocycles. The van der Waals surface area contributed by atoms with Gasteiger partial charge in [-0.15, -0.1) is 11.3 Å². The average molecular weight is 410 g/mol. The molecule has 3 aromatic rings. The summed E-state index contributed by atoms with van der Waals surface area (Å²) < 4.78 is 27.4. The van der Waals surface area contributed by atoms with Gasteiger partial charge in [0.05, 0.1) is 12.0 Å². The number of anilines is 1. The maximum Gasteiger partial charge on any atom is 0.265 e. The molecule has 0 unspecified atom stereocenters. The Morgan fingerprint density at radius 2 is 1.89 bits per heavy atom. The molecule has 0 bridgehead atoms. The second kappa shape index (κ2) is 8.58. The minimum atomic E-state index is -0.836. The summed E-state index contributed by atoms with van der Waals surface area (Å²) in [6, 6.07) is 12.1. The SMILES string of the molecule is COOCc1ccc(-c2ccc(C(=O)Nc3c(F)cccc3F)s2)c(Cl)c1. The Kier molecular flexibility index (Phi) is 6.18. The molecule has 0 aliphatic heterocycles. The first kappa shape index (κ1) is 19.4. The summed E-state index contributed by atoms with van der Waals surface area (Å²) in [5.41, 5.74) is 1.09. The Bertz CT molecular complexity index is 957. The van der Waals surface area contributed by atoms with Crippen LogP contribution in [0.15, 0.2) is 48.5 Å². The molecular weight excluding hydrogens is 396 g/mol. The maximum atomic E-state index is 13.7. The van der Waals surface area contributed by atoms with Crippen LogP contribution in [0, 0.1) is 11.6 Å². The number of carbonyl (C=O) groups excluding carboxylic acids is 1. The van der Waals surface area contributed by atoms with Crippen molar-refractivity contribution in [2.24, 2.45) is 0 Å². The molecule has 27 heavy (non-hydrogen) atoms. The summed E-state index contributed by atoms with van der Waals surface area (Å²) in [7, 11) is 1.42. The molecule has 1 aromatic heterocycles. The number of rotatable bonds is 6. The lowest BCUT2D eigenvalue weighted by molar-refractivity contribution is -0.282. The van der Waals surface area contributed by atoms with Gasteiger partial charge >= 0.3 is 0 Å². The highest BCUT2D eigenvalue weighted by molar-refractivity contribution is 7.17. The number of nitrogens with one attached hydrogen (secondary N) is 1. The monoisotopic (exact) mass is 409 g/mol. The number of benzene rings is 2. The van der Waals surface area contributed by atoms with Gasteiger partial charge in [-0.2, -0.15) is 0 Å². The van der Waals surface area contributed by atoms with Crippen LogP contribution in [0.4, 0.5) is 14.5 Å². The Labute approximate surface area is 163 Å². The Morgan fingerprint density at radius 3 is 2.56 bits per heavy atom. The number of hydrogen-bond donors (Lipinski definition) is 1. The first-order valence-electron chi connectivity index (χ1n) is 7.79. The largest absolute Gasteiger partial charge is 0.316 e. The molecule has 0 aliphatic rings. The van der Waals surface area contributed by atoms with Gasteiger partial charge in [-0.3, -0.25) is 4.79 Å². The highest BCUT2D eigenvalue weighted by Crippen LogP contribution is 2.34. The van der Waals surface area contributed by atoms with E-state index in [-0.39, 0.29) is 6.61 Å². The maximum absolute atomic E-state index is 13.7. The van der Waals surface area contributed by atoms with Crippen molar-refractivity contribution < 1.29 is 23.4 Å². The van der Waals surface area contributed by atoms with E-state index in [0.29, 0.717) is 9.90 Å². The molecule has 1 amide bonds. The van der Waals surface area contributed by atoms with Gasteiger partial charge in [-0.25, -0.2) is 18.6 Å². The van der Waals surface area contributed by atoms with Crippen molar-refractivity contribution in [2.45, 2.75) is 6.61 Å². The number of hydrogen-bond acceptors (Lipinski definition) is 4. The standard InChI is InChI=1S/C19H14ClF2NO3S/c1-25-26-10-11-5-6-12(13(20)9-11)16-7-8-17(27-16)19(24)23-18-14(21)3-2-4-15(18)22/h2-9H,10H2,1H3,(H,23,24). The summed E-state index contributed by atoms with van der Waals surface area (Å²) in [4.78, 5) is 22.8. The van der Waals surface area contributed by atoms with Gasteiger partial charge < -0.3 is 5.32 Å². The summed E-state index contributed by atoms with van der Waals surface area (Å²) >= 11 is 7.48. The number of para-hydroxylation sites is 1. The van der Waals surface area contributed by atoms with Crippen LogP contribution in [-0.4, -0.2) is 13.0 Å². The molecule has 0 saturated heterocycles. The zero-order valence-electron chi connectivity index (χ0n) is 14.1. The summed E-state index contributed by atoms with van der Waals surface area (Å²) in [6.45, 7) is 0.253. The van der Waals surface area contributed by atoms with Crippen LogP contribution in [0.2, 0.25) is 5.02 Å². The first-order chi connectivity index (χ1) is 13.0. The van der Waals surface area contributed by atoms with Crippen LogP contribution in [0.1, 0.15) is 15.2 Å². The molecular formula is C19H14ClF2NO3S. The molecule has 1 heterocycles. The van der Waals surface area contributed by atoms with Crippen LogP contribution < -0.4 is 5.32 Å². The minimum absolute atomic E-state index is 0.253. The van der Waals surface area contributed by atoms with E-state index in [2.05, 4.69) is 10.2 Å². The summed E-state index contributed by atoms with van der Waals surface area (Å²) in [5.74, 6) is -2.27. The molecule has 8 heteroatoms. The van der Waals surface area contributed by atoms with E-state index in [1.165, 1.54) is 24.5 Å². The molecule has 0 aliphatic carbocycles. The van der Waals surface area contributed by atoms with Crippen LogP contribution in [-0.2, 0) is 16.4 Å². The van der Waals surface area contributed by atoms with Crippen molar-refractivity contribution in [3.8, 4) is 10.4 Å². The van der Waals surface area contributed by atoms with Crippen molar-refractivity contribution in [3.05, 3.63) is 75.6 Å². The second-order valence-corrected chi connectivity index (χ2v) is 6.95. The Balaban J connectivity index is 1.79. The van der Waals surface area contributed by atoms with E-state index < -0.39 is 23.2 Å². The fraction of sp³-hybridized carbons (Fsp3) is 0.105. The lowest BCUT2D eigenvalue weighted by Gasteiger charge is -2.06. The van der Waals surface area contributed by atoms with E-state index in [9.17, 15) is 13.6 Å². The highest BCUT2D eigenvalue weighted by Gasteiger charge is 2.16. The van der Waals surface area contributed by atoms with E-state index in [4.69, 9.17) is 16.5 Å². The third-order valence-corrected chi connectivity index (χ3v) is 5.10. The number of halogens is 3. The van der Waals surface area contributed by atoms with Gasteiger partial charge in [-0.05, 0) is 35.9 Å².